The van der Waals surface area contributed by atoms with Crippen LogP contribution in [0.4, 0.5) is 17.1 Å². The molecule has 1 aromatic heterocycles. The third kappa shape index (κ3) is 3.91. The van der Waals surface area contributed by atoms with Crippen molar-refractivity contribution in [2.75, 3.05) is 4.90 Å². The molecule has 1 nitrogen and oxygen atoms in total. The van der Waals surface area contributed by atoms with Crippen LogP contribution in [0.2, 0.25) is 0 Å². The number of rotatable bonds is 3. The van der Waals surface area contributed by atoms with E-state index in [4.69, 9.17) is 0 Å². The summed E-state index contributed by atoms with van der Waals surface area (Å²) in [6, 6.07) is 70.3. The molecule has 0 radical (unpaired) electrons. The summed E-state index contributed by atoms with van der Waals surface area (Å²) in [7, 11) is 0. The molecule has 0 bridgehead atoms. The van der Waals surface area contributed by atoms with Crippen LogP contribution in [-0.2, 0) is 5.41 Å². The van der Waals surface area contributed by atoms with E-state index in [-0.39, 0.29) is 0 Å². The molecule has 10 aromatic rings. The maximum atomic E-state index is 2.48. The molecule has 1 spiro atoms. The van der Waals surface area contributed by atoms with Crippen LogP contribution in [0, 0.1) is 0 Å². The third-order valence-corrected chi connectivity index (χ3v) is 13.0. The standard InChI is InChI=1S/C51H31NS/c1-2-14-35(15-3-1)52(37-24-27-49-44(31-37)41-18-8-11-21-48(41)53-49)36-23-26-38-34(28-36)22-25-42-43-29-32-12-4-5-13-33(32)30-47(43)51(50(38)42)45-19-9-6-16-39(45)40-17-7-10-20-46(40)51/h1-31H. The predicted octanol–water partition coefficient (Wildman–Crippen LogP) is 14.2. The van der Waals surface area contributed by atoms with Crippen LogP contribution < -0.4 is 4.90 Å². The van der Waals surface area contributed by atoms with Crippen molar-refractivity contribution < 1.29 is 0 Å². The quantitative estimate of drug-likeness (QED) is 0.178. The van der Waals surface area contributed by atoms with Crippen molar-refractivity contribution >= 4 is 70.1 Å². The Hall–Kier alpha value is -6.48. The van der Waals surface area contributed by atoms with Gasteiger partial charge in [-0.3, -0.25) is 0 Å². The van der Waals surface area contributed by atoms with Gasteiger partial charge in [0, 0.05) is 37.2 Å². The van der Waals surface area contributed by atoms with Gasteiger partial charge >= 0.3 is 0 Å². The van der Waals surface area contributed by atoms with E-state index in [9.17, 15) is 0 Å². The molecule has 0 amide bonds. The van der Waals surface area contributed by atoms with Crippen molar-refractivity contribution in [1.82, 2.24) is 0 Å². The summed E-state index contributed by atoms with van der Waals surface area (Å²) in [4.78, 5) is 2.41. The zero-order valence-electron chi connectivity index (χ0n) is 28.8. The maximum absolute atomic E-state index is 2.48. The number of fused-ring (bicyclic) bond motifs is 16. The Balaban J connectivity index is 1.13. The molecule has 0 atom stereocenters. The molecule has 0 saturated carbocycles. The number of hydrogen-bond acceptors (Lipinski definition) is 2. The fourth-order valence-corrected chi connectivity index (χ4v) is 10.8. The second kappa shape index (κ2) is 10.8. The van der Waals surface area contributed by atoms with Gasteiger partial charge in [0.1, 0.15) is 0 Å². The van der Waals surface area contributed by atoms with Gasteiger partial charge in [-0.05, 0) is 127 Å². The molecular weight excluding hydrogens is 659 g/mol. The topological polar surface area (TPSA) is 3.24 Å². The Morgan fingerprint density at radius 2 is 0.981 bits per heavy atom. The van der Waals surface area contributed by atoms with E-state index in [2.05, 4.69) is 193 Å². The number of benzene rings is 9. The van der Waals surface area contributed by atoms with Crippen molar-refractivity contribution in [2.45, 2.75) is 5.41 Å². The van der Waals surface area contributed by atoms with Crippen LogP contribution in [-0.4, -0.2) is 0 Å². The van der Waals surface area contributed by atoms with E-state index in [1.165, 1.54) is 86.2 Å². The summed E-state index contributed by atoms with van der Waals surface area (Å²) in [6.45, 7) is 0. The summed E-state index contributed by atoms with van der Waals surface area (Å²) in [5.74, 6) is 0. The number of thiophene rings is 1. The van der Waals surface area contributed by atoms with Crippen LogP contribution in [0.1, 0.15) is 22.3 Å². The number of anilines is 3. The molecule has 1 heterocycles. The normalized spacial score (nSPS) is 13.4. The molecule has 53 heavy (non-hydrogen) atoms. The number of para-hydroxylation sites is 1. The van der Waals surface area contributed by atoms with Crippen LogP contribution in [0.25, 0.3) is 64.0 Å². The van der Waals surface area contributed by atoms with Crippen LogP contribution in [0.15, 0.2) is 188 Å². The van der Waals surface area contributed by atoms with Gasteiger partial charge in [0.05, 0.1) is 5.41 Å². The second-order valence-electron chi connectivity index (χ2n) is 14.4. The molecule has 2 heteroatoms. The summed E-state index contributed by atoms with van der Waals surface area (Å²) < 4.78 is 2.63. The fourth-order valence-electron chi connectivity index (χ4n) is 9.66. The minimum absolute atomic E-state index is 0.424. The lowest BCUT2D eigenvalue weighted by molar-refractivity contribution is 0.802. The Labute approximate surface area is 311 Å². The van der Waals surface area contributed by atoms with Crippen molar-refractivity contribution in [3.05, 3.63) is 210 Å². The Morgan fingerprint density at radius 3 is 1.79 bits per heavy atom. The summed E-state index contributed by atoms with van der Waals surface area (Å²) in [6.07, 6.45) is 0. The van der Waals surface area contributed by atoms with Gasteiger partial charge in [0.2, 0.25) is 0 Å². The molecule has 2 aliphatic carbocycles. The SMILES string of the molecule is c1ccc(N(c2ccc3c4c(ccc3c2)-c2cc3ccccc3cc2C42c3ccccc3-c3ccccc32)c2ccc3sc4ccccc4c3c2)cc1. The Morgan fingerprint density at radius 1 is 0.340 bits per heavy atom. The zero-order valence-corrected chi connectivity index (χ0v) is 29.6. The van der Waals surface area contributed by atoms with Crippen LogP contribution in [0.3, 0.4) is 0 Å². The van der Waals surface area contributed by atoms with Crippen molar-refractivity contribution in [3.8, 4) is 22.3 Å². The molecular formula is C51H31NS. The van der Waals surface area contributed by atoms with Gasteiger partial charge in [-0.1, -0.05) is 127 Å². The lowest BCUT2D eigenvalue weighted by atomic mass is 9.69. The first-order valence-corrected chi connectivity index (χ1v) is 19.2. The monoisotopic (exact) mass is 689 g/mol. The van der Waals surface area contributed by atoms with Crippen molar-refractivity contribution in [2.24, 2.45) is 0 Å². The highest BCUT2D eigenvalue weighted by Gasteiger charge is 2.52. The van der Waals surface area contributed by atoms with E-state index >= 15 is 0 Å². The number of hydrogen-bond donors (Lipinski definition) is 0. The molecule has 0 unspecified atom stereocenters. The highest BCUT2D eigenvalue weighted by Crippen LogP contribution is 2.64. The zero-order chi connectivity index (χ0) is 34.7. The molecule has 246 valence electrons. The Bertz CT molecular complexity index is 3090. The first kappa shape index (κ1) is 29.1. The van der Waals surface area contributed by atoms with Crippen molar-refractivity contribution in [3.63, 3.8) is 0 Å². The summed E-state index contributed by atoms with van der Waals surface area (Å²) >= 11 is 1.86. The Kier molecular flexibility index (Phi) is 5.92. The van der Waals surface area contributed by atoms with E-state index < -0.39 is 5.41 Å². The minimum atomic E-state index is -0.424. The number of nitrogens with zero attached hydrogens (tertiary/aromatic N) is 1. The molecule has 0 aliphatic heterocycles. The van der Waals surface area contributed by atoms with Gasteiger partial charge in [-0.25, -0.2) is 0 Å². The third-order valence-electron chi connectivity index (χ3n) is 11.8. The van der Waals surface area contributed by atoms with Crippen LogP contribution in [0.5, 0.6) is 0 Å². The van der Waals surface area contributed by atoms with E-state index in [0.717, 1.165) is 17.1 Å². The highest BCUT2D eigenvalue weighted by molar-refractivity contribution is 7.25. The minimum Gasteiger partial charge on any atom is -0.310 e. The van der Waals surface area contributed by atoms with E-state index in [0.29, 0.717) is 0 Å². The summed E-state index contributed by atoms with van der Waals surface area (Å²) in [5.41, 5.74) is 13.8. The molecule has 0 saturated heterocycles. The lowest BCUT2D eigenvalue weighted by Crippen LogP contribution is -2.26. The molecule has 9 aromatic carbocycles. The van der Waals surface area contributed by atoms with E-state index in [1.807, 2.05) is 11.3 Å². The van der Waals surface area contributed by atoms with Gasteiger partial charge < -0.3 is 4.90 Å². The maximum Gasteiger partial charge on any atom is 0.0731 e. The second-order valence-corrected chi connectivity index (χ2v) is 15.5. The van der Waals surface area contributed by atoms with Gasteiger partial charge in [0.15, 0.2) is 0 Å². The molecule has 12 rings (SSSR count). The molecule has 2 aliphatic rings. The average Bonchev–Trinajstić information content (AvgIpc) is 3.84. The fraction of sp³-hybridized carbons (Fsp3) is 0.0196. The predicted molar refractivity (Wildman–Crippen MR) is 225 cm³/mol. The van der Waals surface area contributed by atoms with Gasteiger partial charge in [0.25, 0.3) is 0 Å². The van der Waals surface area contributed by atoms with E-state index in [1.54, 1.807) is 0 Å². The van der Waals surface area contributed by atoms with Crippen LogP contribution >= 0.6 is 11.3 Å². The first-order chi connectivity index (χ1) is 26.3. The first-order valence-electron chi connectivity index (χ1n) is 18.3. The largest absolute Gasteiger partial charge is 0.310 e. The van der Waals surface area contributed by atoms with Gasteiger partial charge in [-0.2, -0.15) is 0 Å². The average molecular weight is 690 g/mol. The molecule has 0 fully saturated rings. The van der Waals surface area contributed by atoms with Gasteiger partial charge in [-0.15, -0.1) is 11.3 Å². The lowest BCUT2D eigenvalue weighted by Gasteiger charge is -2.32. The highest BCUT2D eigenvalue weighted by atomic mass is 32.1. The smallest absolute Gasteiger partial charge is 0.0731 e. The summed E-state index contributed by atoms with van der Waals surface area (Å²) in [5, 5.41) is 7.70. The molecule has 0 N–H and O–H groups in total. The van der Waals surface area contributed by atoms with Crippen molar-refractivity contribution in [1.29, 1.82) is 0 Å².